The molecule has 28 heavy (non-hydrogen) atoms. The number of hydrogen-bond donors (Lipinski definition) is 2. The maximum absolute atomic E-state index is 13.6. The van der Waals surface area contributed by atoms with Gasteiger partial charge >= 0.3 is 0 Å². The number of nitrogens with zero attached hydrogens (tertiary/aromatic N) is 1. The van der Waals surface area contributed by atoms with Gasteiger partial charge in [0.1, 0.15) is 23.0 Å². The van der Waals surface area contributed by atoms with Crippen molar-refractivity contribution >= 4 is 17.5 Å². The van der Waals surface area contributed by atoms with E-state index < -0.39 is 17.6 Å². The first-order valence-corrected chi connectivity index (χ1v) is 8.58. The minimum atomic E-state index is -0.521. The molecule has 0 saturated heterocycles. The highest BCUT2D eigenvalue weighted by Gasteiger charge is 2.13. The number of benzene rings is 2. The first-order valence-electron chi connectivity index (χ1n) is 8.58. The van der Waals surface area contributed by atoms with Crippen LogP contribution in [-0.4, -0.2) is 23.3 Å². The molecule has 0 aliphatic carbocycles. The van der Waals surface area contributed by atoms with Crippen molar-refractivity contribution in [2.24, 2.45) is 0 Å². The van der Waals surface area contributed by atoms with Crippen LogP contribution in [0.15, 0.2) is 66.7 Å². The van der Waals surface area contributed by atoms with Gasteiger partial charge in [-0.05, 0) is 54.4 Å². The van der Waals surface area contributed by atoms with Crippen LogP contribution in [0, 0.1) is 11.6 Å². The van der Waals surface area contributed by atoms with E-state index in [9.17, 15) is 18.4 Å². The first kappa shape index (κ1) is 19.2. The van der Waals surface area contributed by atoms with Crippen LogP contribution >= 0.6 is 0 Å². The number of rotatable bonds is 6. The summed E-state index contributed by atoms with van der Waals surface area (Å²) >= 11 is 0. The topological polar surface area (TPSA) is 71.1 Å². The number of pyridine rings is 1. The van der Waals surface area contributed by atoms with Crippen LogP contribution < -0.4 is 10.6 Å². The summed E-state index contributed by atoms with van der Waals surface area (Å²) in [6.07, 6.45) is 0.336. The molecule has 0 bridgehead atoms. The van der Waals surface area contributed by atoms with Crippen LogP contribution in [-0.2, 0) is 6.42 Å². The normalized spacial score (nSPS) is 10.4. The lowest BCUT2D eigenvalue weighted by atomic mass is 10.1. The molecule has 5 nitrogen and oxygen atoms in total. The number of amides is 2. The molecule has 0 unspecified atom stereocenters. The van der Waals surface area contributed by atoms with Crippen LogP contribution in [0.4, 0.5) is 14.5 Å². The summed E-state index contributed by atoms with van der Waals surface area (Å²) in [4.78, 5) is 28.6. The molecule has 0 aliphatic heterocycles. The van der Waals surface area contributed by atoms with Crippen LogP contribution in [0.5, 0.6) is 0 Å². The van der Waals surface area contributed by atoms with Crippen LogP contribution in [0.3, 0.4) is 0 Å². The summed E-state index contributed by atoms with van der Waals surface area (Å²) in [5.74, 6) is -1.72. The van der Waals surface area contributed by atoms with Crippen molar-refractivity contribution in [3.8, 4) is 0 Å². The predicted molar refractivity (Wildman–Crippen MR) is 101 cm³/mol. The lowest BCUT2D eigenvalue weighted by Crippen LogP contribution is -2.27. The van der Waals surface area contributed by atoms with E-state index in [1.807, 2.05) is 0 Å². The molecule has 142 valence electrons. The van der Waals surface area contributed by atoms with E-state index in [4.69, 9.17) is 0 Å². The van der Waals surface area contributed by atoms with Crippen LogP contribution in [0.25, 0.3) is 0 Å². The first-order chi connectivity index (χ1) is 13.5. The van der Waals surface area contributed by atoms with Gasteiger partial charge in [0.2, 0.25) is 0 Å². The molecule has 2 amide bonds. The molecule has 2 aromatic carbocycles. The largest absolute Gasteiger partial charge is 0.350 e. The number of aromatic nitrogens is 1. The maximum atomic E-state index is 13.6. The summed E-state index contributed by atoms with van der Waals surface area (Å²) < 4.78 is 26.5. The van der Waals surface area contributed by atoms with Gasteiger partial charge in [0, 0.05) is 12.2 Å². The third-order valence-electron chi connectivity index (χ3n) is 3.95. The molecule has 0 saturated carbocycles. The average molecular weight is 381 g/mol. The minimum absolute atomic E-state index is 0.0473. The van der Waals surface area contributed by atoms with Crippen LogP contribution in [0.1, 0.15) is 26.5 Å². The van der Waals surface area contributed by atoms with E-state index in [2.05, 4.69) is 15.6 Å². The maximum Gasteiger partial charge on any atom is 0.274 e. The number of carbonyl (C=O) groups is 2. The second-order valence-corrected chi connectivity index (χ2v) is 5.97. The highest BCUT2D eigenvalue weighted by atomic mass is 19.1. The van der Waals surface area contributed by atoms with Gasteiger partial charge in [0.25, 0.3) is 11.8 Å². The summed E-state index contributed by atoms with van der Waals surface area (Å²) in [5.41, 5.74) is 1.03. The molecule has 0 spiro atoms. The molecule has 0 aliphatic rings. The van der Waals surface area contributed by atoms with Crippen molar-refractivity contribution in [3.63, 3.8) is 0 Å². The van der Waals surface area contributed by atoms with Gasteiger partial charge in [0.05, 0.1) is 0 Å². The fourth-order valence-corrected chi connectivity index (χ4v) is 2.52. The Morgan fingerprint density at radius 2 is 1.50 bits per heavy atom. The molecule has 0 atom stereocenters. The summed E-state index contributed by atoms with van der Waals surface area (Å²) in [5, 5.41) is 5.24. The zero-order chi connectivity index (χ0) is 19.9. The molecule has 1 aromatic heterocycles. The fourth-order valence-electron chi connectivity index (χ4n) is 2.52. The summed E-state index contributed by atoms with van der Waals surface area (Å²) in [7, 11) is 0. The van der Waals surface area contributed by atoms with Crippen LogP contribution in [0.2, 0.25) is 0 Å². The van der Waals surface area contributed by atoms with E-state index >= 15 is 0 Å². The van der Waals surface area contributed by atoms with E-state index in [0.29, 0.717) is 17.7 Å². The Labute approximate surface area is 160 Å². The van der Waals surface area contributed by atoms with Gasteiger partial charge in [-0.3, -0.25) is 9.59 Å². The minimum Gasteiger partial charge on any atom is -0.350 e. The summed E-state index contributed by atoms with van der Waals surface area (Å²) in [6.45, 7) is 0.230. The Morgan fingerprint density at radius 1 is 0.821 bits per heavy atom. The van der Waals surface area contributed by atoms with Crippen molar-refractivity contribution in [3.05, 3.63) is 95.3 Å². The zero-order valence-electron chi connectivity index (χ0n) is 14.8. The lowest BCUT2D eigenvalue weighted by Gasteiger charge is -2.08. The van der Waals surface area contributed by atoms with E-state index in [-0.39, 0.29) is 23.7 Å². The summed E-state index contributed by atoms with van der Waals surface area (Å²) in [6, 6.07) is 16.1. The second-order valence-electron chi connectivity index (χ2n) is 5.97. The van der Waals surface area contributed by atoms with Gasteiger partial charge in [-0.25, -0.2) is 13.8 Å². The quantitative estimate of drug-likeness (QED) is 0.686. The molecule has 3 aromatic rings. The van der Waals surface area contributed by atoms with Gasteiger partial charge in [-0.2, -0.15) is 0 Å². The highest BCUT2D eigenvalue weighted by molar-refractivity contribution is 6.03. The SMILES string of the molecule is O=C(NCCc1ccccc1F)c1cccc(C(=O)Nc2ccc(F)cc2)n1. The average Bonchev–Trinajstić information content (AvgIpc) is 2.71. The van der Waals surface area contributed by atoms with Crippen molar-refractivity contribution in [1.82, 2.24) is 10.3 Å². The molecule has 7 heteroatoms. The molecular weight excluding hydrogens is 364 g/mol. The Balaban J connectivity index is 1.60. The zero-order valence-corrected chi connectivity index (χ0v) is 14.8. The molecule has 0 fully saturated rings. The van der Waals surface area contributed by atoms with Crippen molar-refractivity contribution in [2.45, 2.75) is 6.42 Å². The van der Waals surface area contributed by atoms with Gasteiger partial charge in [0.15, 0.2) is 0 Å². The molecule has 0 radical (unpaired) electrons. The number of anilines is 1. The Hall–Kier alpha value is -3.61. The monoisotopic (exact) mass is 381 g/mol. The fraction of sp³-hybridized carbons (Fsp3) is 0.0952. The van der Waals surface area contributed by atoms with Gasteiger partial charge in [-0.15, -0.1) is 0 Å². The molecule has 3 rings (SSSR count). The predicted octanol–water partition coefficient (Wildman–Crippen LogP) is 3.58. The van der Waals surface area contributed by atoms with Gasteiger partial charge in [-0.1, -0.05) is 24.3 Å². The standard InChI is InChI=1S/C21H17F2N3O2/c22-15-8-10-16(11-9-15)25-21(28)19-7-3-6-18(26-19)20(27)24-13-12-14-4-1-2-5-17(14)23/h1-11H,12-13H2,(H,24,27)(H,25,28). The number of nitrogens with one attached hydrogen (secondary N) is 2. The van der Waals surface area contributed by atoms with Crippen molar-refractivity contribution in [2.75, 3.05) is 11.9 Å². The highest BCUT2D eigenvalue weighted by Crippen LogP contribution is 2.10. The van der Waals surface area contributed by atoms with E-state index in [0.717, 1.165) is 0 Å². The smallest absolute Gasteiger partial charge is 0.274 e. The Kier molecular flexibility index (Phi) is 6.06. The van der Waals surface area contributed by atoms with E-state index in [1.54, 1.807) is 24.3 Å². The molecule has 2 N–H and O–H groups in total. The third-order valence-corrected chi connectivity index (χ3v) is 3.95. The van der Waals surface area contributed by atoms with Crippen molar-refractivity contribution < 1.29 is 18.4 Å². The number of halogens is 2. The molecular formula is C21H17F2N3O2. The van der Waals surface area contributed by atoms with E-state index in [1.165, 1.54) is 42.5 Å². The number of hydrogen-bond acceptors (Lipinski definition) is 3. The second kappa shape index (κ2) is 8.85. The van der Waals surface area contributed by atoms with Gasteiger partial charge < -0.3 is 10.6 Å². The van der Waals surface area contributed by atoms with Crippen molar-refractivity contribution in [1.29, 1.82) is 0 Å². The Morgan fingerprint density at radius 3 is 2.21 bits per heavy atom. The number of carbonyl (C=O) groups excluding carboxylic acids is 2. The Bertz CT molecular complexity index is 991. The third kappa shape index (κ3) is 4.97. The molecule has 1 heterocycles. The lowest BCUT2D eigenvalue weighted by molar-refractivity contribution is 0.0949.